The van der Waals surface area contributed by atoms with Gasteiger partial charge in [-0.25, -0.2) is 14.8 Å². The van der Waals surface area contributed by atoms with Crippen molar-refractivity contribution in [2.24, 2.45) is 11.7 Å². The molecular weight excluding hydrogens is 504 g/mol. The molecule has 1 atom stereocenters. The highest BCUT2D eigenvalue weighted by Gasteiger charge is 2.20. The van der Waals surface area contributed by atoms with Gasteiger partial charge in [0.2, 0.25) is 12.3 Å². The molecule has 3 aromatic rings. The number of carbonyl (C=O) groups is 2. The second-order valence-electron chi connectivity index (χ2n) is 8.50. The number of amides is 2. The zero-order valence-electron chi connectivity index (χ0n) is 22.6. The largest absolute Gasteiger partial charge is 0.475 e. The summed E-state index contributed by atoms with van der Waals surface area (Å²) < 4.78 is 10.3. The number of nitrogens with one attached hydrogen (secondary N) is 1. The molecule has 1 aliphatic rings. The van der Waals surface area contributed by atoms with E-state index in [1.807, 2.05) is 25.3 Å². The topological polar surface area (TPSA) is 173 Å². The van der Waals surface area contributed by atoms with Crippen molar-refractivity contribution in [3.8, 4) is 28.3 Å². The molecule has 12 nitrogen and oxygen atoms in total. The Morgan fingerprint density at radius 2 is 1.97 bits per heavy atom. The predicted molar refractivity (Wildman–Crippen MR) is 148 cm³/mol. The molecule has 0 aliphatic carbocycles. The van der Waals surface area contributed by atoms with Crippen LogP contribution < -0.4 is 20.7 Å². The maximum atomic E-state index is 11.6. The normalized spacial score (nSPS) is 13.8. The fraction of sp³-hybridized carbons (Fsp3) is 0.370. The number of anilines is 2. The van der Waals surface area contributed by atoms with Crippen molar-refractivity contribution in [1.29, 1.82) is 0 Å². The van der Waals surface area contributed by atoms with E-state index in [0.29, 0.717) is 23.3 Å². The first-order chi connectivity index (χ1) is 18.9. The maximum Gasteiger partial charge on any atom is 0.412 e. The number of aliphatic hydroxyl groups excluding tert-OH is 2. The van der Waals surface area contributed by atoms with Crippen LogP contribution in [0.5, 0.6) is 5.88 Å². The van der Waals surface area contributed by atoms with Crippen molar-refractivity contribution in [1.82, 2.24) is 15.0 Å². The van der Waals surface area contributed by atoms with Crippen LogP contribution in [0.25, 0.3) is 22.4 Å². The lowest BCUT2D eigenvalue weighted by atomic mass is 10.0. The monoisotopic (exact) mass is 540 g/mol. The van der Waals surface area contributed by atoms with Gasteiger partial charge in [0.25, 0.3) is 0 Å². The zero-order chi connectivity index (χ0) is 28.8. The van der Waals surface area contributed by atoms with Gasteiger partial charge in [-0.15, -0.1) is 0 Å². The molecule has 39 heavy (non-hydrogen) atoms. The number of pyridine rings is 3. The Kier molecular flexibility index (Phi) is 12.6. The summed E-state index contributed by atoms with van der Waals surface area (Å²) in [5.74, 6) is 1.40. The van der Waals surface area contributed by atoms with Crippen LogP contribution in [0.1, 0.15) is 19.0 Å². The Morgan fingerprint density at radius 1 is 1.23 bits per heavy atom. The van der Waals surface area contributed by atoms with E-state index in [1.54, 1.807) is 18.3 Å². The van der Waals surface area contributed by atoms with Gasteiger partial charge in [0.05, 0.1) is 31.3 Å². The summed E-state index contributed by atoms with van der Waals surface area (Å²) in [5, 5.41) is 18.8. The first-order valence-corrected chi connectivity index (χ1v) is 12.3. The van der Waals surface area contributed by atoms with Crippen molar-refractivity contribution in [2.45, 2.75) is 20.3 Å². The molecule has 0 radical (unpaired) electrons. The molecule has 5 N–H and O–H groups in total. The van der Waals surface area contributed by atoms with E-state index in [1.165, 1.54) is 13.5 Å². The molecule has 0 unspecified atom stereocenters. The molecule has 0 aromatic carbocycles. The van der Waals surface area contributed by atoms with Crippen LogP contribution in [0.15, 0.2) is 42.7 Å². The number of aryl methyl sites for hydroxylation is 1. The summed E-state index contributed by atoms with van der Waals surface area (Å²) in [6, 6.07) is 9.49. The van der Waals surface area contributed by atoms with Gasteiger partial charge < -0.3 is 30.3 Å². The third-order valence-corrected chi connectivity index (χ3v) is 5.79. The highest BCUT2D eigenvalue weighted by atomic mass is 16.5. The molecule has 0 bridgehead atoms. The molecule has 3 aromatic heterocycles. The maximum absolute atomic E-state index is 11.6. The SMILES string of the molecule is CO.COC(=O)Nc1cc(-c2cc(-c3cc(N4CC[C@@H](C)C4)cnc3C)cc(OCCO)n2)ccn1.NC=O. The molecule has 1 fully saturated rings. The molecule has 4 heterocycles. The van der Waals surface area contributed by atoms with Crippen LogP contribution in [-0.2, 0) is 9.53 Å². The smallest absolute Gasteiger partial charge is 0.412 e. The Hall–Kier alpha value is -4.29. The highest BCUT2D eigenvalue weighted by Crippen LogP contribution is 2.33. The fourth-order valence-corrected chi connectivity index (χ4v) is 4.00. The van der Waals surface area contributed by atoms with Crippen LogP contribution in [0.4, 0.5) is 16.3 Å². The van der Waals surface area contributed by atoms with Crippen molar-refractivity contribution >= 4 is 24.0 Å². The average molecular weight is 541 g/mol. The van der Waals surface area contributed by atoms with E-state index in [4.69, 9.17) is 14.6 Å². The predicted octanol–water partition coefficient (Wildman–Crippen LogP) is 2.62. The summed E-state index contributed by atoms with van der Waals surface area (Å²) >= 11 is 0. The van der Waals surface area contributed by atoms with Gasteiger partial charge in [-0.2, -0.15) is 0 Å². The molecular formula is C27H36N6O6. The van der Waals surface area contributed by atoms with Crippen molar-refractivity contribution in [3.63, 3.8) is 0 Å². The lowest BCUT2D eigenvalue weighted by Gasteiger charge is -2.20. The molecule has 0 spiro atoms. The quantitative estimate of drug-likeness (QED) is 0.326. The third kappa shape index (κ3) is 8.90. The van der Waals surface area contributed by atoms with E-state index in [9.17, 15) is 9.90 Å². The first kappa shape index (κ1) is 30.9. The van der Waals surface area contributed by atoms with Crippen molar-refractivity contribution < 1.29 is 29.3 Å². The number of hydrogen-bond donors (Lipinski definition) is 4. The molecule has 4 rings (SSSR count). The molecule has 12 heteroatoms. The van der Waals surface area contributed by atoms with Gasteiger partial charge in [0, 0.05) is 49.3 Å². The third-order valence-electron chi connectivity index (χ3n) is 5.79. The number of carbonyl (C=O) groups excluding carboxylic acids is 2. The van der Waals surface area contributed by atoms with E-state index >= 15 is 0 Å². The summed E-state index contributed by atoms with van der Waals surface area (Å²) in [6.45, 7) is 6.29. The van der Waals surface area contributed by atoms with Crippen LogP contribution in [0.3, 0.4) is 0 Å². The van der Waals surface area contributed by atoms with Crippen LogP contribution in [-0.4, -0.2) is 78.2 Å². The molecule has 1 aliphatic heterocycles. The Bertz CT molecular complexity index is 1230. The summed E-state index contributed by atoms with van der Waals surface area (Å²) in [4.78, 5) is 36.0. The number of rotatable bonds is 7. The summed E-state index contributed by atoms with van der Waals surface area (Å²) in [5.41, 5.74) is 9.42. The standard InChI is InChI=1S/C25H29N5O4.CH3NO.CH4O/c1-16-5-7-30(15-16)20-13-21(17(2)27-14-20)19-10-22(28-24(12-19)34-9-8-31)18-4-6-26-23(11-18)29-25(32)33-3;2-1-3;1-2/h4,6,10-14,16,31H,5,7-9,15H2,1-3H3,(H,26,29,32);1H,(H2,2,3);2H,1H3/t16-;;/m1../s1. The van der Waals surface area contributed by atoms with Gasteiger partial charge in [-0.1, -0.05) is 6.92 Å². The summed E-state index contributed by atoms with van der Waals surface area (Å²) in [7, 11) is 2.29. The Labute approximate surface area is 227 Å². The van der Waals surface area contributed by atoms with E-state index in [0.717, 1.165) is 48.3 Å². The second kappa shape index (κ2) is 15.8. The minimum atomic E-state index is -0.604. The van der Waals surface area contributed by atoms with E-state index < -0.39 is 6.09 Å². The molecule has 2 amide bonds. The number of aromatic nitrogens is 3. The zero-order valence-corrected chi connectivity index (χ0v) is 22.6. The van der Waals surface area contributed by atoms with Gasteiger partial charge in [-0.05, 0) is 49.1 Å². The van der Waals surface area contributed by atoms with Crippen LogP contribution in [0, 0.1) is 12.8 Å². The Balaban J connectivity index is 0.000000998. The van der Waals surface area contributed by atoms with Crippen molar-refractivity contribution in [2.75, 3.05) is 50.7 Å². The van der Waals surface area contributed by atoms with Gasteiger partial charge in [0.1, 0.15) is 12.4 Å². The van der Waals surface area contributed by atoms with Gasteiger partial charge in [-0.3, -0.25) is 15.1 Å². The first-order valence-electron chi connectivity index (χ1n) is 12.3. The number of aliphatic hydroxyl groups is 2. The molecule has 0 saturated carbocycles. The van der Waals surface area contributed by atoms with Crippen LogP contribution >= 0.6 is 0 Å². The van der Waals surface area contributed by atoms with Crippen LogP contribution in [0.2, 0.25) is 0 Å². The number of nitrogens with zero attached hydrogens (tertiary/aromatic N) is 4. The number of ether oxygens (including phenoxy) is 2. The number of methoxy groups -OCH3 is 1. The van der Waals surface area contributed by atoms with E-state index in [-0.39, 0.29) is 19.6 Å². The minimum absolute atomic E-state index is 0.118. The number of nitrogens with two attached hydrogens (primary N) is 1. The number of primary amides is 1. The summed E-state index contributed by atoms with van der Waals surface area (Å²) in [6.07, 6.45) is 4.33. The van der Waals surface area contributed by atoms with E-state index in [2.05, 4.69) is 48.6 Å². The lowest BCUT2D eigenvalue weighted by Crippen LogP contribution is -2.19. The highest BCUT2D eigenvalue weighted by molar-refractivity contribution is 5.84. The van der Waals surface area contributed by atoms with Gasteiger partial charge >= 0.3 is 6.09 Å². The molecule has 1 saturated heterocycles. The second-order valence-corrected chi connectivity index (χ2v) is 8.50. The molecule has 210 valence electrons. The Morgan fingerprint density at radius 3 is 2.62 bits per heavy atom. The number of hydrogen-bond acceptors (Lipinski definition) is 10. The van der Waals surface area contributed by atoms with Gasteiger partial charge in [0.15, 0.2) is 0 Å². The fourth-order valence-electron chi connectivity index (χ4n) is 4.00. The minimum Gasteiger partial charge on any atom is -0.475 e. The average Bonchev–Trinajstić information content (AvgIpc) is 3.39. The van der Waals surface area contributed by atoms with Crippen molar-refractivity contribution in [3.05, 3.63) is 48.4 Å². The lowest BCUT2D eigenvalue weighted by molar-refractivity contribution is -0.106.